The Hall–Kier alpha value is -2.56. The first kappa shape index (κ1) is 27.5. The molecule has 37 heavy (non-hydrogen) atoms. The number of rotatable bonds is 10. The molecule has 0 radical (unpaired) electrons. The Morgan fingerprint density at radius 2 is 2.03 bits per heavy atom. The van der Waals surface area contributed by atoms with Crippen molar-refractivity contribution in [2.45, 2.75) is 77.8 Å². The third-order valence-corrected chi connectivity index (χ3v) is 8.32. The summed E-state index contributed by atoms with van der Waals surface area (Å²) in [7, 11) is 0. The zero-order valence-electron chi connectivity index (χ0n) is 21.4. The van der Waals surface area contributed by atoms with Gasteiger partial charge in [0.1, 0.15) is 17.4 Å². The van der Waals surface area contributed by atoms with Crippen LogP contribution >= 0.6 is 34.7 Å². The Morgan fingerprint density at radius 3 is 2.76 bits per heavy atom. The molecule has 11 heteroatoms. The predicted octanol–water partition coefficient (Wildman–Crippen LogP) is 6.08. The number of amides is 1. The van der Waals surface area contributed by atoms with Crippen LogP contribution in [0.4, 0.5) is 5.00 Å². The van der Waals surface area contributed by atoms with Crippen molar-refractivity contribution in [2.24, 2.45) is 0 Å². The number of anilines is 1. The number of aryl methyl sites for hydroxylation is 2. The molecular weight excluding hydrogens is 532 g/mol. The van der Waals surface area contributed by atoms with Crippen LogP contribution in [-0.2, 0) is 35.5 Å². The van der Waals surface area contributed by atoms with Crippen LogP contribution in [0.1, 0.15) is 65.8 Å². The van der Waals surface area contributed by atoms with E-state index < -0.39 is 0 Å². The number of esters is 1. The minimum Gasteiger partial charge on any atom is -0.485 e. The number of carbonyl (C=O) groups excluding carboxylic acids is 2. The van der Waals surface area contributed by atoms with Gasteiger partial charge in [-0.15, -0.1) is 21.5 Å². The highest BCUT2D eigenvalue weighted by Crippen LogP contribution is 2.39. The summed E-state index contributed by atoms with van der Waals surface area (Å²) >= 11 is 8.81. The monoisotopic (exact) mass is 562 g/mol. The average molecular weight is 563 g/mol. The van der Waals surface area contributed by atoms with Gasteiger partial charge in [-0.1, -0.05) is 23.4 Å². The van der Waals surface area contributed by atoms with Gasteiger partial charge in [0, 0.05) is 16.4 Å². The fraction of sp³-hybridized carbons (Fsp3) is 0.462. The lowest BCUT2D eigenvalue weighted by Crippen LogP contribution is -2.19. The van der Waals surface area contributed by atoms with Gasteiger partial charge in [-0.05, 0) is 82.7 Å². The van der Waals surface area contributed by atoms with Crippen molar-refractivity contribution in [3.63, 3.8) is 0 Å². The molecular formula is C26H31ClN4O4S2. The Kier molecular flexibility index (Phi) is 9.15. The van der Waals surface area contributed by atoms with E-state index in [1.165, 1.54) is 23.1 Å². The van der Waals surface area contributed by atoms with Crippen molar-refractivity contribution in [1.82, 2.24) is 14.8 Å². The van der Waals surface area contributed by atoms with E-state index in [1.807, 2.05) is 44.4 Å². The summed E-state index contributed by atoms with van der Waals surface area (Å²) in [5.41, 5.74) is 2.48. The molecule has 0 bridgehead atoms. The summed E-state index contributed by atoms with van der Waals surface area (Å²) < 4.78 is 13.3. The van der Waals surface area contributed by atoms with Crippen LogP contribution in [-0.4, -0.2) is 38.5 Å². The number of hydrogen-bond donors (Lipinski definition) is 1. The molecule has 0 saturated carbocycles. The van der Waals surface area contributed by atoms with Crippen LogP contribution in [0.25, 0.3) is 0 Å². The van der Waals surface area contributed by atoms with Crippen molar-refractivity contribution < 1.29 is 19.1 Å². The number of nitrogens with one attached hydrogen (secondary N) is 1. The van der Waals surface area contributed by atoms with Gasteiger partial charge in [0.2, 0.25) is 5.91 Å². The summed E-state index contributed by atoms with van der Waals surface area (Å²) in [5, 5.41) is 13.4. The highest BCUT2D eigenvalue weighted by atomic mass is 35.5. The maximum Gasteiger partial charge on any atom is 0.341 e. The van der Waals surface area contributed by atoms with Gasteiger partial charge in [-0.2, -0.15) is 0 Å². The van der Waals surface area contributed by atoms with Crippen LogP contribution in [0.5, 0.6) is 5.75 Å². The zero-order valence-corrected chi connectivity index (χ0v) is 23.8. The number of thioether (sulfide) groups is 1. The number of hydrogen-bond acceptors (Lipinski definition) is 8. The van der Waals surface area contributed by atoms with Crippen LogP contribution in [0, 0.1) is 6.92 Å². The van der Waals surface area contributed by atoms with Gasteiger partial charge in [0.25, 0.3) is 0 Å². The summed E-state index contributed by atoms with van der Waals surface area (Å²) in [6.07, 6.45) is 3.65. The lowest BCUT2D eigenvalue weighted by atomic mass is 9.95. The first-order valence-electron chi connectivity index (χ1n) is 12.4. The molecule has 0 aliphatic heterocycles. The Balaban J connectivity index is 1.41. The van der Waals surface area contributed by atoms with E-state index in [0.29, 0.717) is 33.1 Å². The molecule has 0 atom stereocenters. The summed E-state index contributed by atoms with van der Waals surface area (Å²) in [4.78, 5) is 26.9. The van der Waals surface area contributed by atoms with Crippen molar-refractivity contribution in [1.29, 1.82) is 0 Å². The summed E-state index contributed by atoms with van der Waals surface area (Å²) in [5.74, 6) is 0.959. The molecule has 1 amide bonds. The number of ether oxygens (including phenoxy) is 2. The third kappa shape index (κ3) is 6.66. The molecule has 1 aliphatic rings. The van der Waals surface area contributed by atoms with E-state index in [-0.39, 0.29) is 30.3 Å². The Labute approximate surface area is 230 Å². The van der Waals surface area contributed by atoms with Crippen LogP contribution in [0.3, 0.4) is 0 Å². The number of aromatic nitrogens is 3. The lowest BCUT2D eigenvalue weighted by Gasteiger charge is -2.14. The van der Waals surface area contributed by atoms with Crippen molar-refractivity contribution >= 4 is 51.6 Å². The Morgan fingerprint density at radius 1 is 1.24 bits per heavy atom. The number of halogens is 1. The van der Waals surface area contributed by atoms with Gasteiger partial charge in [-0.3, -0.25) is 4.79 Å². The van der Waals surface area contributed by atoms with Crippen LogP contribution in [0.15, 0.2) is 23.4 Å². The molecule has 1 N–H and O–H groups in total. The van der Waals surface area contributed by atoms with E-state index in [2.05, 4.69) is 15.5 Å². The van der Waals surface area contributed by atoms with Crippen molar-refractivity contribution in [3.8, 4) is 5.75 Å². The van der Waals surface area contributed by atoms with Gasteiger partial charge in [0.15, 0.2) is 11.0 Å². The normalized spacial score (nSPS) is 12.9. The molecule has 8 nitrogen and oxygen atoms in total. The maximum atomic E-state index is 12.9. The first-order chi connectivity index (χ1) is 17.8. The highest BCUT2D eigenvalue weighted by Gasteiger charge is 2.28. The fourth-order valence-corrected chi connectivity index (χ4v) is 6.54. The smallest absolute Gasteiger partial charge is 0.341 e. The van der Waals surface area contributed by atoms with Crippen molar-refractivity contribution in [2.75, 3.05) is 11.1 Å². The quantitative estimate of drug-likeness (QED) is 0.236. The van der Waals surface area contributed by atoms with Gasteiger partial charge in [-0.25, -0.2) is 4.79 Å². The molecule has 0 fully saturated rings. The van der Waals surface area contributed by atoms with Gasteiger partial charge in [0.05, 0.1) is 17.4 Å². The molecule has 4 rings (SSSR count). The molecule has 2 aromatic heterocycles. The maximum absolute atomic E-state index is 12.9. The first-order valence-corrected chi connectivity index (χ1v) is 14.5. The second kappa shape index (κ2) is 12.3. The second-order valence-electron chi connectivity index (χ2n) is 9.05. The molecule has 2 heterocycles. The molecule has 1 aliphatic carbocycles. The summed E-state index contributed by atoms with van der Waals surface area (Å²) in [6.45, 7) is 8.46. The fourth-order valence-electron chi connectivity index (χ4n) is 4.20. The number of fused-ring (bicyclic) bond motifs is 1. The lowest BCUT2D eigenvalue weighted by molar-refractivity contribution is -0.113. The highest BCUT2D eigenvalue weighted by molar-refractivity contribution is 7.99. The topological polar surface area (TPSA) is 95.3 Å². The van der Waals surface area contributed by atoms with Crippen molar-refractivity contribution in [3.05, 3.63) is 50.6 Å². The van der Waals surface area contributed by atoms with E-state index >= 15 is 0 Å². The minimum atomic E-state index is -0.372. The van der Waals surface area contributed by atoms with Gasteiger partial charge >= 0.3 is 5.97 Å². The van der Waals surface area contributed by atoms with E-state index in [4.69, 9.17) is 21.1 Å². The van der Waals surface area contributed by atoms with E-state index in [1.54, 1.807) is 6.07 Å². The number of nitrogens with zero attached hydrogens (tertiary/aromatic N) is 3. The largest absolute Gasteiger partial charge is 0.485 e. The molecule has 0 spiro atoms. The number of carbonyl (C=O) groups is 2. The molecule has 1 aromatic carbocycles. The minimum absolute atomic E-state index is 0.135. The average Bonchev–Trinajstić information content (AvgIpc) is 3.41. The van der Waals surface area contributed by atoms with Crippen LogP contribution in [0.2, 0.25) is 5.02 Å². The molecule has 198 valence electrons. The Bertz CT molecular complexity index is 1290. The molecule has 0 saturated heterocycles. The van der Waals surface area contributed by atoms with Crippen LogP contribution < -0.4 is 10.1 Å². The molecule has 3 aromatic rings. The second-order valence-corrected chi connectivity index (χ2v) is 11.5. The van der Waals surface area contributed by atoms with E-state index in [9.17, 15) is 9.59 Å². The predicted molar refractivity (Wildman–Crippen MR) is 147 cm³/mol. The standard InChI is InChI=1S/C26H31ClN4O4S2/c1-5-31-21(13-34-19-11-10-17(27)12-16(19)4)29-30-26(31)36-14-22(32)28-24-23(25(33)35-15(2)3)18-8-6-7-9-20(18)37-24/h10-12,15H,5-9,13-14H2,1-4H3,(H,28,32). The van der Waals surface area contributed by atoms with E-state index in [0.717, 1.165) is 47.4 Å². The molecule has 0 unspecified atom stereocenters. The third-order valence-electron chi connectivity index (χ3n) is 5.91. The van der Waals surface area contributed by atoms with Gasteiger partial charge < -0.3 is 19.4 Å². The zero-order chi connectivity index (χ0) is 26.5. The number of benzene rings is 1. The SMILES string of the molecule is CCn1c(COc2ccc(Cl)cc2C)nnc1SCC(=O)Nc1sc2c(c1C(=O)OC(C)C)CCCC2. The summed E-state index contributed by atoms with van der Waals surface area (Å²) in [6, 6.07) is 5.46. The number of thiophene rings is 1.